The van der Waals surface area contributed by atoms with Gasteiger partial charge < -0.3 is 4.43 Å². The molecule has 0 bridgehead atoms. The van der Waals surface area contributed by atoms with E-state index in [9.17, 15) is 0 Å². The Morgan fingerprint density at radius 3 is 2.33 bits per heavy atom. The van der Waals surface area contributed by atoms with Crippen molar-refractivity contribution in [3.05, 3.63) is 60.7 Å². The summed E-state index contributed by atoms with van der Waals surface area (Å²) in [5, 5.41) is 0. The zero-order chi connectivity index (χ0) is 13.0. The molecule has 0 heterocycles. The first-order valence-corrected chi connectivity index (χ1v) is 8.97. The standard InChI is InChI=1S/C16H18OSi/c1-4-13-10-11-15(12-16(13)17-18(2)3)14-8-6-5-7-9-14/h4-12,18H,1H2,2-3H3. The molecule has 0 aliphatic carbocycles. The molecule has 0 amide bonds. The molecule has 0 aliphatic heterocycles. The molecule has 0 unspecified atom stereocenters. The van der Waals surface area contributed by atoms with Gasteiger partial charge in [0.05, 0.1) is 0 Å². The summed E-state index contributed by atoms with van der Waals surface area (Å²) in [6.07, 6.45) is 1.85. The van der Waals surface area contributed by atoms with Gasteiger partial charge in [-0.1, -0.05) is 55.1 Å². The summed E-state index contributed by atoms with van der Waals surface area (Å²) in [4.78, 5) is 0. The van der Waals surface area contributed by atoms with Crippen LogP contribution in [0.15, 0.2) is 55.1 Å². The van der Waals surface area contributed by atoms with E-state index in [0.717, 1.165) is 11.3 Å². The molecular formula is C16H18OSi. The average Bonchev–Trinajstić information content (AvgIpc) is 2.39. The third kappa shape index (κ3) is 2.90. The van der Waals surface area contributed by atoms with E-state index >= 15 is 0 Å². The van der Waals surface area contributed by atoms with Gasteiger partial charge >= 0.3 is 0 Å². The van der Waals surface area contributed by atoms with Crippen molar-refractivity contribution in [2.75, 3.05) is 0 Å². The lowest BCUT2D eigenvalue weighted by atomic mass is 10.0. The minimum absolute atomic E-state index is 0.952. The highest BCUT2D eigenvalue weighted by Crippen LogP contribution is 2.28. The second-order valence-electron chi connectivity index (χ2n) is 4.49. The van der Waals surface area contributed by atoms with E-state index in [2.05, 4.69) is 62.1 Å². The highest BCUT2D eigenvalue weighted by atomic mass is 28.3. The van der Waals surface area contributed by atoms with Gasteiger partial charge in [0, 0.05) is 5.56 Å². The van der Waals surface area contributed by atoms with Gasteiger partial charge in [-0.05, 0) is 30.3 Å². The van der Waals surface area contributed by atoms with Crippen LogP contribution in [0.2, 0.25) is 13.1 Å². The van der Waals surface area contributed by atoms with Gasteiger partial charge in [-0.2, -0.15) is 0 Å². The fraction of sp³-hybridized carbons (Fsp3) is 0.125. The van der Waals surface area contributed by atoms with Gasteiger partial charge in [-0.15, -0.1) is 0 Å². The van der Waals surface area contributed by atoms with Gasteiger partial charge in [-0.3, -0.25) is 0 Å². The predicted octanol–water partition coefficient (Wildman–Crippen LogP) is 4.36. The highest BCUT2D eigenvalue weighted by Gasteiger charge is 2.06. The molecule has 92 valence electrons. The Morgan fingerprint density at radius 2 is 1.72 bits per heavy atom. The third-order valence-electron chi connectivity index (χ3n) is 2.70. The maximum Gasteiger partial charge on any atom is 0.229 e. The average molecular weight is 254 g/mol. The van der Waals surface area contributed by atoms with Crippen LogP contribution in [0.3, 0.4) is 0 Å². The summed E-state index contributed by atoms with van der Waals surface area (Å²) in [6, 6.07) is 16.6. The SMILES string of the molecule is C=Cc1ccc(-c2ccccc2)cc1O[SiH](C)C. The first-order valence-electron chi connectivity index (χ1n) is 6.19. The highest BCUT2D eigenvalue weighted by molar-refractivity contribution is 6.49. The van der Waals surface area contributed by atoms with Crippen molar-refractivity contribution in [1.29, 1.82) is 0 Å². The smallest absolute Gasteiger partial charge is 0.229 e. The molecule has 0 N–H and O–H groups in total. The lowest BCUT2D eigenvalue weighted by Gasteiger charge is -2.14. The predicted molar refractivity (Wildman–Crippen MR) is 81.5 cm³/mol. The van der Waals surface area contributed by atoms with Crippen molar-refractivity contribution >= 4 is 15.1 Å². The molecule has 2 aromatic rings. The summed E-state index contributed by atoms with van der Waals surface area (Å²) < 4.78 is 5.97. The molecule has 0 aromatic heterocycles. The molecular weight excluding hydrogens is 236 g/mol. The van der Waals surface area contributed by atoms with E-state index in [0.29, 0.717) is 0 Å². The first-order chi connectivity index (χ1) is 8.70. The molecule has 0 fully saturated rings. The minimum atomic E-state index is -1.10. The molecule has 2 aromatic carbocycles. The van der Waals surface area contributed by atoms with Crippen molar-refractivity contribution in [3.63, 3.8) is 0 Å². The maximum absolute atomic E-state index is 5.97. The Labute approximate surface area is 110 Å². The van der Waals surface area contributed by atoms with Crippen molar-refractivity contribution < 1.29 is 4.43 Å². The second-order valence-corrected chi connectivity index (χ2v) is 6.82. The van der Waals surface area contributed by atoms with Crippen LogP contribution in [0.4, 0.5) is 0 Å². The van der Waals surface area contributed by atoms with Crippen molar-refractivity contribution in [3.8, 4) is 16.9 Å². The van der Waals surface area contributed by atoms with Gasteiger partial charge in [0.1, 0.15) is 5.75 Å². The van der Waals surface area contributed by atoms with Gasteiger partial charge in [0.25, 0.3) is 0 Å². The maximum atomic E-state index is 5.97. The van der Waals surface area contributed by atoms with Crippen LogP contribution in [0, 0.1) is 0 Å². The van der Waals surface area contributed by atoms with Crippen LogP contribution >= 0.6 is 0 Å². The van der Waals surface area contributed by atoms with Gasteiger partial charge in [0.2, 0.25) is 9.04 Å². The minimum Gasteiger partial charge on any atom is -0.547 e. The van der Waals surface area contributed by atoms with E-state index in [4.69, 9.17) is 4.43 Å². The monoisotopic (exact) mass is 254 g/mol. The molecule has 2 rings (SSSR count). The van der Waals surface area contributed by atoms with Gasteiger partial charge in [-0.25, -0.2) is 0 Å². The summed E-state index contributed by atoms with van der Waals surface area (Å²) in [6.45, 7) is 8.17. The number of hydrogen-bond acceptors (Lipinski definition) is 1. The molecule has 2 heteroatoms. The Hall–Kier alpha value is -1.80. The van der Waals surface area contributed by atoms with Crippen LogP contribution in [0.5, 0.6) is 5.75 Å². The third-order valence-corrected chi connectivity index (χ3v) is 3.43. The summed E-state index contributed by atoms with van der Waals surface area (Å²) in [7, 11) is -1.10. The molecule has 18 heavy (non-hydrogen) atoms. The van der Waals surface area contributed by atoms with E-state index in [1.807, 2.05) is 12.1 Å². The summed E-state index contributed by atoms with van der Waals surface area (Å²) >= 11 is 0. The molecule has 0 atom stereocenters. The lowest BCUT2D eigenvalue weighted by molar-refractivity contribution is 0.579. The lowest BCUT2D eigenvalue weighted by Crippen LogP contribution is -2.12. The molecule has 0 saturated carbocycles. The Kier molecular flexibility index (Phi) is 4.00. The van der Waals surface area contributed by atoms with E-state index in [1.54, 1.807) is 0 Å². The molecule has 1 nitrogen and oxygen atoms in total. The Balaban J connectivity index is 2.42. The van der Waals surface area contributed by atoms with Crippen molar-refractivity contribution in [2.24, 2.45) is 0 Å². The fourth-order valence-corrected chi connectivity index (χ4v) is 2.58. The number of rotatable bonds is 4. The zero-order valence-corrected chi connectivity index (χ0v) is 12.0. The van der Waals surface area contributed by atoms with Crippen molar-refractivity contribution in [2.45, 2.75) is 13.1 Å². The second kappa shape index (κ2) is 5.69. The van der Waals surface area contributed by atoms with E-state index in [1.165, 1.54) is 11.1 Å². The van der Waals surface area contributed by atoms with Crippen LogP contribution < -0.4 is 4.43 Å². The topological polar surface area (TPSA) is 9.23 Å². The Bertz CT molecular complexity index is 532. The van der Waals surface area contributed by atoms with Crippen LogP contribution in [0.1, 0.15) is 5.56 Å². The van der Waals surface area contributed by atoms with E-state index in [-0.39, 0.29) is 0 Å². The summed E-state index contributed by atoms with van der Waals surface area (Å²) in [5.74, 6) is 0.952. The van der Waals surface area contributed by atoms with Gasteiger partial charge in [0.15, 0.2) is 0 Å². The summed E-state index contributed by atoms with van der Waals surface area (Å²) in [5.41, 5.74) is 3.46. The number of benzene rings is 2. The first kappa shape index (κ1) is 12.6. The van der Waals surface area contributed by atoms with Crippen LogP contribution in [0.25, 0.3) is 17.2 Å². The van der Waals surface area contributed by atoms with E-state index < -0.39 is 9.04 Å². The Morgan fingerprint density at radius 1 is 1.00 bits per heavy atom. The molecule has 0 radical (unpaired) electrons. The fourth-order valence-electron chi connectivity index (χ4n) is 1.87. The zero-order valence-electron chi connectivity index (χ0n) is 10.9. The quantitative estimate of drug-likeness (QED) is 0.737. The largest absolute Gasteiger partial charge is 0.547 e. The molecule has 0 saturated heterocycles. The molecule has 0 aliphatic rings. The van der Waals surface area contributed by atoms with Crippen molar-refractivity contribution in [1.82, 2.24) is 0 Å². The van der Waals surface area contributed by atoms with Crippen LogP contribution in [-0.2, 0) is 0 Å². The normalized spacial score (nSPS) is 10.4. The molecule has 0 spiro atoms. The van der Waals surface area contributed by atoms with Crippen LogP contribution in [-0.4, -0.2) is 9.04 Å². The number of hydrogen-bond donors (Lipinski definition) is 0.